The molecule has 0 spiro atoms. The van der Waals surface area contributed by atoms with E-state index in [1.54, 1.807) is 12.1 Å². The molecule has 132 valence electrons. The normalized spacial score (nSPS) is 17.0. The van der Waals surface area contributed by atoms with Crippen LogP contribution in [0.2, 0.25) is 5.02 Å². The third-order valence-corrected chi connectivity index (χ3v) is 6.38. The lowest BCUT2D eigenvalue weighted by Crippen LogP contribution is -2.26. The Hall–Kier alpha value is -1.37. The van der Waals surface area contributed by atoms with Gasteiger partial charge < -0.3 is 5.32 Å². The molecule has 0 aliphatic heterocycles. The van der Waals surface area contributed by atoms with E-state index in [9.17, 15) is 9.59 Å². The van der Waals surface area contributed by atoms with Crippen LogP contribution in [0.25, 0.3) is 0 Å². The summed E-state index contributed by atoms with van der Waals surface area (Å²) in [5.74, 6) is -0.00871. The number of anilines is 1. The van der Waals surface area contributed by atoms with Gasteiger partial charge in [0.25, 0.3) is 0 Å². The van der Waals surface area contributed by atoms with Gasteiger partial charge in [-0.25, -0.2) is 4.98 Å². The molecule has 1 N–H and O–H groups in total. The van der Waals surface area contributed by atoms with E-state index in [0.29, 0.717) is 21.5 Å². The van der Waals surface area contributed by atoms with Gasteiger partial charge in [0.15, 0.2) is 10.9 Å². The van der Waals surface area contributed by atoms with E-state index in [0.717, 1.165) is 17.0 Å². The second-order valence-electron chi connectivity index (χ2n) is 6.94. The molecular formula is C18H19ClN2O2S2. The minimum Gasteiger partial charge on any atom is -0.301 e. The molecule has 0 saturated heterocycles. The Kier molecular flexibility index (Phi) is 5.23. The van der Waals surface area contributed by atoms with Crippen molar-refractivity contribution in [1.82, 2.24) is 4.98 Å². The van der Waals surface area contributed by atoms with Gasteiger partial charge in [-0.2, -0.15) is 0 Å². The van der Waals surface area contributed by atoms with Crippen molar-refractivity contribution in [1.29, 1.82) is 0 Å². The van der Waals surface area contributed by atoms with E-state index >= 15 is 0 Å². The van der Waals surface area contributed by atoms with Crippen LogP contribution in [0.1, 0.15) is 42.6 Å². The fourth-order valence-corrected chi connectivity index (χ4v) is 4.67. The van der Waals surface area contributed by atoms with Crippen molar-refractivity contribution in [3.05, 3.63) is 39.9 Å². The molecule has 0 bridgehead atoms. The number of aromatic nitrogens is 1. The monoisotopic (exact) mass is 394 g/mol. The third kappa shape index (κ3) is 4.43. The molecule has 0 unspecified atom stereocenters. The number of amides is 1. The Balaban J connectivity index is 1.67. The molecule has 4 nitrogen and oxygen atoms in total. The van der Waals surface area contributed by atoms with Crippen LogP contribution in [-0.4, -0.2) is 21.9 Å². The Labute approximate surface area is 160 Å². The van der Waals surface area contributed by atoms with Crippen LogP contribution in [0.5, 0.6) is 0 Å². The molecule has 1 aliphatic rings. The minimum absolute atomic E-state index is 0.0723. The number of halogens is 1. The van der Waals surface area contributed by atoms with Crippen molar-refractivity contribution >= 4 is 51.5 Å². The SMILES string of the molecule is C[C@@H](Sc1ccc(Cl)cc1)C(=O)Nc1nc2c(s1)C(=O)CC(C)(C)C2. The van der Waals surface area contributed by atoms with Gasteiger partial charge in [0.1, 0.15) is 0 Å². The second kappa shape index (κ2) is 7.09. The van der Waals surface area contributed by atoms with Crippen molar-refractivity contribution < 1.29 is 9.59 Å². The first-order valence-corrected chi connectivity index (χ1v) is 10.1. The van der Waals surface area contributed by atoms with E-state index in [2.05, 4.69) is 24.1 Å². The summed E-state index contributed by atoms with van der Waals surface area (Å²) in [6, 6.07) is 7.38. The summed E-state index contributed by atoms with van der Waals surface area (Å²) in [5.41, 5.74) is 0.733. The number of nitrogens with zero attached hydrogens (tertiary/aromatic N) is 1. The average Bonchev–Trinajstić information content (AvgIpc) is 2.90. The third-order valence-electron chi connectivity index (χ3n) is 3.96. The number of Topliss-reactive ketones (excluding diaryl/α,β-unsaturated/α-hetero) is 1. The highest BCUT2D eigenvalue weighted by molar-refractivity contribution is 8.00. The summed E-state index contributed by atoms with van der Waals surface area (Å²) < 4.78 is 0. The first-order chi connectivity index (χ1) is 11.7. The number of thioether (sulfide) groups is 1. The van der Waals surface area contributed by atoms with Crippen LogP contribution in [0, 0.1) is 5.41 Å². The molecule has 1 atom stereocenters. The fourth-order valence-electron chi connectivity index (χ4n) is 2.75. The Morgan fingerprint density at radius 2 is 2.00 bits per heavy atom. The van der Waals surface area contributed by atoms with Crippen molar-refractivity contribution in [2.24, 2.45) is 5.41 Å². The summed E-state index contributed by atoms with van der Waals surface area (Å²) in [7, 11) is 0. The second-order valence-corrected chi connectivity index (χ2v) is 9.79. The number of nitrogens with one attached hydrogen (secondary N) is 1. The Bertz CT molecular complexity index is 815. The molecule has 7 heteroatoms. The molecule has 0 radical (unpaired) electrons. The lowest BCUT2D eigenvalue weighted by Gasteiger charge is -2.26. The van der Waals surface area contributed by atoms with Crippen LogP contribution in [0.15, 0.2) is 29.2 Å². The summed E-state index contributed by atoms with van der Waals surface area (Å²) in [6.07, 6.45) is 1.29. The van der Waals surface area contributed by atoms with Gasteiger partial charge in [-0.05, 0) is 43.0 Å². The molecule has 2 aromatic rings. The molecule has 1 aromatic heterocycles. The largest absolute Gasteiger partial charge is 0.301 e. The fraction of sp³-hybridized carbons (Fsp3) is 0.389. The van der Waals surface area contributed by atoms with Crippen LogP contribution in [-0.2, 0) is 11.2 Å². The number of rotatable bonds is 4. The molecular weight excluding hydrogens is 376 g/mol. The highest BCUT2D eigenvalue weighted by atomic mass is 35.5. The Morgan fingerprint density at radius 3 is 2.68 bits per heavy atom. The van der Waals surface area contributed by atoms with E-state index in [1.807, 2.05) is 19.1 Å². The number of hydrogen-bond donors (Lipinski definition) is 1. The average molecular weight is 395 g/mol. The Morgan fingerprint density at radius 1 is 1.32 bits per heavy atom. The minimum atomic E-state index is -0.283. The number of carbonyl (C=O) groups is 2. The van der Waals surface area contributed by atoms with Crippen LogP contribution in [0.3, 0.4) is 0 Å². The smallest absolute Gasteiger partial charge is 0.239 e. The van der Waals surface area contributed by atoms with Gasteiger partial charge in [-0.15, -0.1) is 11.8 Å². The quantitative estimate of drug-likeness (QED) is 0.735. The summed E-state index contributed by atoms with van der Waals surface area (Å²) >= 11 is 8.61. The first kappa shape index (κ1) is 18.4. The number of fused-ring (bicyclic) bond motifs is 1. The van der Waals surface area contributed by atoms with Crippen molar-refractivity contribution in [3.63, 3.8) is 0 Å². The summed E-state index contributed by atoms with van der Waals surface area (Å²) in [4.78, 5) is 30.8. The van der Waals surface area contributed by atoms with Crippen molar-refractivity contribution in [3.8, 4) is 0 Å². The lowest BCUT2D eigenvalue weighted by molar-refractivity contribution is -0.115. The van der Waals surface area contributed by atoms with E-state index in [4.69, 9.17) is 11.6 Å². The maximum absolute atomic E-state index is 12.4. The molecule has 1 aliphatic carbocycles. The van der Waals surface area contributed by atoms with Crippen LogP contribution >= 0.6 is 34.7 Å². The summed E-state index contributed by atoms with van der Waals surface area (Å²) in [6.45, 7) is 5.98. The molecule has 0 saturated carbocycles. The van der Waals surface area contributed by atoms with Crippen LogP contribution in [0.4, 0.5) is 5.13 Å². The first-order valence-electron chi connectivity index (χ1n) is 7.99. The predicted octanol–water partition coefficient (Wildman–Crippen LogP) is 5.07. The molecule has 0 fully saturated rings. The van der Waals surface area contributed by atoms with Gasteiger partial charge in [0.05, 0.1) is 15.8 Å². The molecule has 3 rings (SSSR count). The highest BCUT2D eigenvalue weighted by Crippen LogP contribution is 2.38. The standard InChI is InChI=1S/C18H19ClN2O2S2/c1-10(24-12-6-4-11(19)5-7-12)16(23)21-17-20-13-8-18(2,3)9-14(22)15(13)25-17/h4-7,10H,8-9H2,1-3H3,(H,20,21,23)/t10-/m1/s1. The van der Waals surface area contributed by atoms with Gasteiger partial charge >= 0.3 is 0 Å². The van der Waals surface area contributed by atoms with E-state index < -0.39 is 0 Å². The number of thiazole rings is 1. The zero-order valence-electron chi connectivity index (χ0n) is 14.3. The maximum Gasteiger partial charge on any atom is 0.239 e. The lowest BCUT2D eigenvalue weighted by atomic mass is 9.78. The molecule has 1 amide bonds. The van der Waals surface area contributed by atoms with Crippen LogP contribution < -0.4 is 5.32 Å². The van der Waals surface area contributed by atoms with Gasteiger partial charge in [-0.3, -0.25) is 9.59 Å². The number of carbonyl (C=O) groups excluding carboxylic acids is 2. The number of hydrogen-bond acceptors (Lipinski definition) is 5. The zero-order chi connectivity index (χ0) is 18.2. The van der Waals surface area contributed by atoms with E-state index in [-0.39, 0.29) is 22.4 Å². The van der Waals surface area contributed by atoms with Crippen molar-refractivity contribution in [2.45, 2.75) is 43.8 Å². The molecule has 1 heterocycles. The van der Waals surface area contributed by atoms with Gasteiger partial charge in [0.2, 0.25) is 5.91 Å². The highest BCUT2D eigenvalue weighted by Gasteiger charge is 2.34. The molecule has 1 aromatic carbocycles. The molecule has 25 heavy (non-hydrogen) atoms. The summed E-state index contributed by atoms with van der Waals surface area (Å²) in [5, 5.41) is 3.74. The van der Waals surface area contributed by atoms with Gasteiger partial charge in [0, 0.05) is 16.3 Å². The van der Waals surface area contributed by atoms with Gasteiger partial charge in [-0.1, -0.05) is 36.8 Å². The topological polar surface area (TPSA) is 59.1 Å². The number of benzene rings is 1. The predicted molar refractivity (Wildman–Crippen MR) is 104 cm³/mol. The zero-order valence-corrected chi connectivity index (χ0v) is 16.6. The maximum atomic E-state index is 12.4. The van der Waals surface area contributed by atoms with E-state index in [1.165, 1.54) is 23.1 Å². The number of ketones is 1. The van der Waals surface area contributed by atoms with Crippen molar-refractivity contribution in [2.75, 3.05) is 5.32 Å².